The largest absolute Gasteiger partial charge is 0.497 e. The molecule has 0 unspecified atom stereocenters. The Morgan fingerprint density at radius 2 is 2.11 bits per heavy atom. The molecule has 1 aromatic heterocycles. The average molecular weight is 267 g/mol. The van der Waals surface area contributed by atoms with Gasteiger partial charge in [0, 0.05) is 5.56 Å². The second-order valence-corrected chi connectivity index (χ2v) is 4.96. The number of aromatic amines is 1. The molecule has 4 nitrogen and oxygen atoms in total. The van der Waals surface area contributed by atoms with Crippen molar-refractivity contribution < 1.29 is 9.84 Å². The Balaban J connectivity index is 2.40. The summed E-state index contributed by atoms with van der Waals surface area (Å²) < 4.78 is 5.10. The predicted molar refractivity (Wildman–Crippen MR) is 70.8 cm³/mol. The Kier molecular flexibility index (Phi) is 3.32. The highest BCUT2D eigenvalue weighted by molar-refractivity contribution is 6.33. The molecule has 0 saturated heterocycles. The molecule has 0 fully saturated rings. The molecule has 0 radical (unpaired) electrons. The molecule has 1 heterocycles. The van der Waals surface area contributed by atoms with E-state index < -0.39 is 5.60 Å². The van der Waals surface area contributed by atoms with Crippen molar-refractivity contribution in [1.82, 2.24) is 9.97 Å². The van der Waals surface area contributed by atoms with Crippen LogP contribution in [-0.2, 0) is 5.60 Å². The Bertz CT molecular complexity index is 558. The summed E-state index contributed by atoms with van der Waals surface area (Å²) in [5, 5.41) is 10.4. The first-order valence-electron chi connectivity index (χ1n) is 5.53. The van der Waals surface area contributed by atoms with Crippen LogP contribution in [0.25, 0.3) is 11.3 Å². The molecule has 96 valence electrons. The van der Waals surface area contributed by atoms with Crippen molar-refractivity contribution in [2.24, 2.45) is 0 Å². The molecule has 0 aliphatic heterocycles. The molecular formula is C13H15ClN2O2. The van der Waals surface area contributed by atoms with Gasteiger partial charge in [-0.15, -0.1) is 0 Å². The highest BCUT2D eigenvalue weighted by atomic mass is 35.5. The van der Waals surface area contributed by atoms with Gasteiger partial charge in [0.2, 0.25) is 0 Å². The normalized spacial score (nSPS) is 11.6. The van der Waals surface area contributed by atoms with E-state index in [9.17, 15) is 5.11 Å². The third kappa shape index (κ3) is 2.49. The molecule has 0 spiro atoms. The number of rotatable bonds is 3. The van der Waals surface area contributed by atoms with Crippen LogP contribution in [0.2, 0.25) is 5.02 Å². The Morgan fingerprint density at radius 3 is 2.61 bits per heavy atom. The van der Waals surface area contributed by atoms with E-state index in [1.165, 1.54) is 0 Å². The third-order valence-electron chi connectivity index (χ3n) is 2.62. The minimum atomic E-state index is -1.00. The van der Waals surface area contributed by atoms with Crippen molar-refractivity contribution >= 4 is 11.6 Å². The number of H-pyrrole nitrogens is 1. The number of ether oxygens (including phenoxy) is 1. The molecule has 5 heteroatoms. The van der Waals surface area contributed by atoms with E-state index in [0.29, 0.717) is 16.6 Å². The van der Waals surface area contributed by atoms with Gasteiger partial charge in [-0.1, -0.05) is 11.6 Å². The maximum atomic E-state index is 9.85. The summed E-state index contributed by atoms with van der Waals surface area (Å²) in [5.74, 6) is 1.20. The van der Waals surface area contributed by atoms with Crippen molar-refractivity contribution in [3.8, 4) is 17.0 Å². The van der Waals surface area contributed by atoms with Crippen LogP contribution in [0.3, 0.4) is 0 Å². The van der Waals surface area contributed by atoms with Gasteiger partial charge in [0.1, 0.15) is 17.2 Å². The molecular weight excluding hydrogens is 252 g/mol. The van der Waals surface area contributed by atoms with Crippen molar-refractivity contribution in [3.63, 3.8) is 0 Å². The van der Waals surface area contributed by atoms with Gasteiger partial charge in [0.15, 0.2) is 0 Å². The molecule has 1 aromatic carbocycles. The van der Waals surface area contributed by atoms with Crippen LogP contribution in [0.5, 0.6) is 5.75 Å². The van der Waals surface area contributed by atoms with Crippen LogP contribution in [-0.4, -0.2) is 22.2 Å². The van der Waals surface area contributed by atoms with Crippen LogP contribution in [0, 0.1) is 0 Å². The summed E-state index contributed by atoms with van der Waals surface area (Å²) in [4.78, 5) is 7.21. The number of methoxy groups -OCH3 is 1. The summed E-state index contributed by atoms with van der Waals surface area (Å²) in [6.45, 7) is 3.34. The van der Waals surface area contributed by atoms with E-state index in [0.717, 1.165) is 11.3 Å². The standard InChI is InChI=1S/C13H15ClN2O2/c1-13(2,17)12-15-7-11(16-12)9-5-4-8(18-3)6-10(9)14/h4-7,17H,1-3H3,(H,15,16). The summed E-state index contributed by atoms with van der Waals surface area (Å²) in [6, 6.07) is 5.41. The third-order valence-corrected chi connectivity index (χ3v) is 2.93. The van der Waals surface area contributed by atoms with Crippen molar-refractivity contribution in [3.05, 3.63) is 35.2 Å². The second kappa shape index (κ2) is 4.63. The molecule has 0 saturated carbocycles. The monoisotopic (exact) mass is 266 g/mol. The first-order chi connectivity index (χ1) is 8.41. The zero-order chi connectivity index (χ0) is 13.3. The lowest BCUT2D eigenvalue weighted by molar-refractivity contribution is 0.0697. The number of imidazole rings is 1. The Hall–Kier alpha value is -1.52. The van der Waals surface area contributed by atoms with Crippen molar-refractivity contribution in [2.45, 2.75) is 19.4 Å². The minimum absolute atomic E-state index is 0.504. The predicted octanol–water partition coefficient (Wildman–Crippen LogP) is 2.97. The van der Waals surface area contributed by atoms with Crippen LogP contribution in [0.4, 0.5) is 0 Å². The van der Waals surface area contributed by atoms with Crippen LogP contribution in [0.1, 0.15) is 19.7 Å². The van der Waals surface area contributed by atoms with Gasteiger partial charge in [-0.2, -0.15) is 0 Å². The highest BCUT2D eigenvalue weighted by Gasteiger charge is 2.20. The van der Waals surface area contributed by atoms with E-state index >= 15 is 0 Å². The van der Waals surface area contributed by atoms with E-state index in [1.807, 2.05) is 12.1 Å². The number of nitrogens with zero attached hydrogens (tertiary/aromatic N) is 1. The smallest absolute Gasteiger partial charge is 0.138 e. The van der Waals surface area contributed by atoms with Gasteiger partial charge in [-0.3, -0.25) is 0 Å². The van der Waals surface area contributed by atoms with Gasteiger partial charge < -0.3 is 14.8 Å². The number of halogens is 1. The van der Waals surface area contributed by atoms with E-state index in [1.54, 1.807) is 33.2 Å². The molecule has 2 aromatic rings. The number of aromatic nitrogens is 2. The van der Waals surface area contributed by atoms with Gasteiger partial charge >= 0.3 is 0 Å². The highest BCUT2D eigenvalue weighted by Crippen LogP contribution is 2.31. The van der Waals surface area contributed by atoms with Crippen LogP contribution in [0.15, 0.2) is 24.4 Å². The topological polar surface area (TPSA) is 58.1 Å². The number of hydrogen-bond donors (Lipinski definition) is 2. The maximum Gasteiger partial charge on any atom is 0.138 e. The summed E-state index contributed by atoms with van der Waals surface area (Å²) >= 11 is 6.18. The van der Waals surface area contributed by atoms with Crippen molar-refractivity contribution in [1.29, 1.82) is 0 Å². The van der Waals surface area contributed by atoms with Gasteiger partial charge in [-0.25, -0.2) is 4.98 Å². The Labute approximate surface area is 111 Å². The van der Waals surface area contributed by atoms with Crippen LogP contribution < -0.4 is 4.74 Å². The zero-order valence-corrected chi connectivity index (χ0v) is 11.2. The van der Waals surface area contributed by atoms with Gasteiger partial charge in [0.05, 0.1) is 24.0 Å². The molecule has 2 N–H and O–H groups in total. The van der Waals surface area contributed by atoms with Gasteiger partial charge in [-0.05, 0) is 32.0 Å². The number of aliphatic hydroxyl groups is 1. The number of hydrogen-bond acceptors (Lipinski definition) is 3. The molecule has 0 amide bonds. The fraction of sp³-hybridized carbons (Fsp3) is 0.308. The summed E-state index contributed by atoms with van der Waals surface area (Å²) in [6.07, 6.45) is 1.65. The fourth-order valence-electron chi connectivity index (χ4n) is 1.61. The molecule has 18 heavy (non-hydrogen) atoms. The molecule has 0 aliphatic carbocycles. The lowest BCUT2D eigenvalue weighted by atomic mass is 10.1. The van der Waals surface area contributed by atoms with E-state index in [4.69, 9.17) is 16.3 Å². The molecule has 2 rings (SSSR count). The van der Waals surface area contributed by atoms with Gasteiger partial charge in [0.25, 0.3) is 0 Å². The zero-order valence-electron chi connectivity index (χ0n) is 10.5. The lowest BCUT2D eigenvalue weighted by Crippen LogP contribution is -2.17. The average Bonchev–Trinajstić information content (AvgIpc) is 2.77. The molecule has 0 atom stereocenters. The second-order valence-electron chi connectivity index (χ2n) is 4.55. The number of nitrogens with one attached hydrogen (secondary N) is 1. The first-order valence-corrected chi connectivity index (χ1v) is 5.91. The summed E-state index contributed by atoms with van der Waals surface area (Å²) in [5.41, 5.74) is 0.581. The quantitative estimate of drug-likeness (QED) is 0.898. The van der Waals surface area contributed by atoms with Crippen molar-refractivity contribution in [2.75, 3.05) is 7.11 Å². The van der Waals surface area contributed by atoms with E-state index in [-0.39, 0.29) is 0 Å². The SMILES string of the molecule is COc1ccc(-c2cnc(C(C)(C)O)[nH]2)c(Cl)c1. The van der Waals surface area contributed by atoms with E-state index in [2.05, 4.69) is 9.97 Å². The first kappa shape index (κ1) is 12.9. The lowest BCUT2D eigenvalue weighted by Gasteiger charge is -2.13. The number of benzene rings is 1. The fourth-order valence-corrected chi connectivity index (χ4v) is 1.88. The summed E-state index contributed by atoms with van der Waals surface area (Å²) in [7, 11) is 1.59. The van der Waals surface area contributed by atoms with Crippen LogP contribution >= 0.6 is 11.6 Å². The molecule has 0 aliphatic rings. The maximum absolute atomic E-state index is 9.85. The minimum Gasteiger partial charge on any atom is -0.497 e. The Morgan fingerprint density at radius 1 is 1.39 bits per heavy atom. The molecule has 0 bridgehead atoms.